The van der Waals surface area contributed by atoms with Crippen LogP contribution in [0.3, 0.4) is 0 Å². The third-order valence-electron chi connectivity index (χ3n) is 2.81. The van der Waals surface area contributed by atoms with Crippen molar-refractivity contribution in [2.75, 3.05) is 12.8 Å². The van der Waals surface area contributed by atoms with Gasteiger partial charge in [-0.1, -0.05) is 22.9 Å². The van der Waals surface area contributed by atoms with Crippen LogP contribution in [0.15, 0.2) is 18.2 Å². The molecule has 9 heteroatoms. The Morgan fingerprint density at radius 3 is 2.86 bits per heavy atom. The summed E-state index contributed by atoms with van der Waals surface area (Å²) in [6.45, 7) is 0.855. The number of anilines is 1. The first-order valence-electron chi connectivity index (χ1n) is 6.13. The van der Waals surface area contributed by atoms with Gasteiger partial charge in [0, 0.05) is 7.11 Å². The van der Waals surface area contributed by atoms with E-state index in [-0.39, 0.29) is 11.1 Å². The van der Waals surface area contributed by atoms with E-state index in [2.05, 4.69) is 25.3 Å². The van der Waals surface area contributed by atoms with Crippen LogP contribution in [0.5, 0.6) is 0 Å². The standard InChI is InChI=1S/C12H12ClN7O/c1-21-6-8-4-2-3-7(15-8)5-20-11-9(18-19-20)10(13)16-12(14)17-11/h2-4H,5-6H2,1H3,(H2,14,16,17). The van der Waals surface area contributed by atoms with Crippen LogP contribution in [-0.2, 0) is 17.9 Å². The Bertz CT molecular complexity index is 788. The molecule has 2 N–H and O–H groups in total. The van der Waals surface area contributed by atoms with Crippen molar-refractivity contribution in [2.24, 2.45) is 0 Å². The minimum Gasteiger partial charge on any atom is -0.378 e. The monoisotopic (exact) mass is 305 g/mol. The summed E-state index contributed by atoms with van der Waals surface area (Å²) in [7, 11) is 1.63. The smallest absolute Gasteiger partial charge is 0.223 e. The maximum Gasteiger partial charge on any atom is 0.223 e. The van der Waals surface area contributed by atoms with Gasteiger partial charge >= 0.3 is 0 Å². The van der Waals surface area contributed by atoms with Crippen molar-refractivity contribution in [3.8, 4) is 0 Å². The van der Waals surface area contributed by atoms with Crippen LogP contribution in [0, 0.1) is 0 Å². The molecule has 108 valence electrons. The molecule has 3 heterocycles. The highest BCUT2D eigenvalue weighted by Crippen LogP contribution is 2.18. The zero-order valence-corrected chi connectivity index (χ0v) is 11.9. The van der Waals surface area contributed by atoms with Crippen molar-refractivity contribution in [3.05, 3.63) is 34.7 Å². The molecule has 21 heavy (non-hydrogen) atoms. The zero-order chi connectivity index (χ0) is 14.8. The molecule has 0 aliphatic heterocycles. The fourth-order valence-corrected chi connectivity index (χ4v) is 2.15. The summed E-state index contributed by atoms with van der Waals surface area (Å²) in [5, 5.41) is 8.17. The van der Waals surface area contributed by atoms with Gasteiger partial charge in [0.1, 0.15) is 0 Å². The lowest BCUT2D eigenvalue weighted by Crippen LogP contribution is -2.07. The first kappa shape index (κ1) is 13.7. The van der Waals surface area contributed by atoms with Gasteiger partial charge in [-0.15, -0.1) is 5.10 Å². The average molecular weight is 306 g/mol. The molecule has 0 amide bonds. The molecule has 0 spiro atoms. The number of methoxy groups -OCH3 is 1. The van der Waals surface area contributed by atoms with Crippen LogP contribution in [0.25, 0.3) is 11.2 Å². The van der Waals surface area contributed by atoms with Crippen molar-refractivity contribution in [3.63, 3.8) is 0 Å². The first-order chi connectivity index (χ1) is 10.2. The van der Waals surface area contributed by atoms with E-state index in [1.807, 2.05) is 18.2 Å². The van der Waals surface area contributed by atoms with Crippen LogP contribution in [-0.4, -0.2) is 37.1 Å². The van der Waals surface area contributed by atoms with Gasteiger partial charge < -0.3 is 10.5 Å². The van der Waals surface area contributed by atoms with E-state index in [4.69, 9.17) is 22.1 Å². The average Bonchev–Trinajstić information content (AvgIpc) is 2.83. The Balaban J connectivity index is 1.96. The van der Waals surface area contributed by atoms with Crippen molar-refractivity contribution < 1.29 is 4.74 Å². The number of nitrogens with zero attached hydrogens (tertiary/aromatic N) is 6. The predicted molar refractivity (Wildman–Crippen MR) is 76.6 cm³/mol. The highest BCUT2D eigenvalue weighted by molar-refractivity contribution is 6.33. The second kappa shape index (κ2) is 5.58. The number of halogens is 1. The molecule has 8 nitrogen and oxygen atoms in total. The van der Waals surface area contributed by atoms with Crippen molar-refractivity contribution >= 4 is 28.7 Å². The lowest BCUT2D eigenvalue weighted by Gasteiger charge is -2.04. The Labute approximate surface area is 124 Å². The molecule has 0 unspecified atom stereocenters. The Hall–Kier alpha value is -2.32. The summed E-state index contributed by atoms with van der Waals surface area (Å²) in [5.41, 5.74) is 8.15. The second-order valence-electron chi connectivity index (χ2n) is 4.35. The number of aromatic nitrogens is 6. The van der Waals surface area contributed by atoms with E-state index in [0.717, 1.165) is 11.4 Å². The SMILES string of the molecule is COCc1cccc(Cn2nnc3c(Cl)nc(N)nc32)n1. The third-order valence-corrected chi connectivity index (χ3v) is 3.07. The molecule has 0 radical (unpaired) electrons. The molecular formula is C12H12ClN7O. The summed E-state index contributed by atoms with van der Waals surface area (Å²) >= 11 is 5.97. The molecular weight excluding hydrogens is 294 g/mol. The number of ether oxygens (including phenoxy) is 1. The highest BCUT2D eigenvalue weighted by atomic mass is 35.5. The summed E-state index contributed by atoms with van der Waals surface area (Å²) in [6, 6.07) is 5.69. The summed E-state index contributed by atoms with van der Waals surface area (Å²) in [6.07, 6.45) is 0. The fourth-order valence-electron chi connectivity index (χ4n) is 1.94. The Kier molecular flexibility index (Phi) is 3.63. The number of hydrogen-bond donors (Lipinski definition) is 1. The Morgan fingerprint density at radius 1 is 1.24 bits per heavy atom. The van der Waals surface area contributed by atoms with E-state index in [1.165, 1.54) is 0 Å². The first-order valence-corrected chi connectivity index (χ1v) is 6.51. The molecule has 3 aromatic rings. The highest BCUT2D eigenvalue weighted by Gasteiger charge is 2.13. The fraction of sp³-hybridized carbons (Fsp3) is 0.250. The minimum atomic E-state index is 0.0807. The van der Waals surface area contributed by atoms with Gasteiger partial charge in [0.15, 0.2) is 16.3 Å². The molecule has 0 aromatic carbocycles. The van der Waals surface area contributed by atoms with E-state index < -0.39 is 0 Å². The molecule has 0 saturated carbocycles. The van der Waals surface area contributed by atoms with Gasteiger partial charge in [0.05, 0.1) is 24.5 Å². The van der Waals surface area contributed by atoms with Crippen LogP contribution in [0.2, 0.25) is 5.15 Å². The van der Waals surface area contributed by atoms with Crippen molar-refractivity contribution in [1.82, 2.24) is 29.9 Å². The van der Waals surface area contributed by atoms with Gasteiger partial charge in [-0.25, -0.2) is 4.68 Å². The summed E-state index contributed by atoms with van der Waals surface area (Å²) in [5.74, 6) is 0.0807. The number of nitrogens with two attached hydrogens (primary N) is 1. The largest absolute Gasteiger partial charge is 0.378 e. The molecule has 0 saturated heterocycles. The van der Waals surface area contributed by atoms with Crippen LogP contribution in [0.4, 0.5) is 5.95 Å². The van der Waals surface area contributed by atoms with Crippen molar-refractivity contribution in [1.29, 1.82) is 0 Å². The van der Waals surface area contributed by atoms with Gasteiger partial charge in [-0.2, -0.15) is 9.97 Å². The number of hydrogen-bond acceptors (Lipinski definition) is 7. The molecule has 0 aliphatic carbocycles. The Morgan fingerprint density at radius 2 is 2.05 bits per heavy atom. The number of pyridine rings is 1. The van der Waals surface area contributed by atoms with Gasteiger partial charge in [-0.05, 0) is 12.1 Å². The molecule has 0 fully saturated rings. The predicted octanol–water partition coefficient (Wildman–Crippen LogP) is 1.05. The van der Waals surface area contributed by atoms with E-state index in [0.29, 0.717) is 24.3 Å². The van der Waals surface area contributed by atoms with Crippen molar-refractivity contribution in [2.45, 2.75) is 13.2 Å². The van der Waals surface area contributed by atoms with E-state index >= 15 is 0 Å². The van der Waals surface area contributed by atoms with E-state index in [1.54, 1.807) is 11.8 Å². The van der Waals surface area contributed by atoms with Gasteiger partial charge in [0.25, 0.3) is 0 Å². The molecule has 0 aliphatic rings. The van der Waals surface area contributed by atoms with Gasteiger partial charge in [0.2, 0.25) is 5.95 Å². The van der Waals surface area contributed by atoms with Crippen LogP contribution >= 0.6 is 11.6 Å². The molecule has 3 aromatic heterocycles. The number of rotatable bonds is 4. The lowest BCUT2D eigenvalue weighted by atomic mass is 10.3. The van der Waals surface area contributed by atoms with Crippen LogP contribution in [0.1, 0.15) is 11.4 Å². The summed E-state index contributed by atoms with van der Waals surface area (Å²) < 4.78 is 6.65. The molecule has 0 bridgehead atoms. The zero-order valence-electron chi connectivity index (χ0n) is 11.2. The number of fused-ring (bicyclic) bond motifs is 1. The lowest BCUT2D eigenvalue weighted by molar-refractivity contribution is 0.181. The maximum absolute atomic E-state index is 5.97. The normalized spacial score (nSPS) is 11.1. The summed E-state index contributed by atoms with van der Waals surface area (Å²) in [4.78, 5) is 12.4. The minimum absolute atomic E-state index is 0.0807. The topological polar surface area (TPSA) is 105 Å². The van der Waals surface area contributed by atoms with Crippen LogP contribution < -0.4 is 5.73 Å². The number of nitrogen functional groups attached to an aromatic ring is 1. The quantitative estimate of drug-likeness (QED) is 0.718. The molecule has 3 rings (SSSR count). The molecule has 0 atom stereocenters. The van der Waals surface area contributed by atoms with E-state index in [9.17, 15) is 0 Å². The van der Waals surface area contributed by atoms with Gasteiger partial charge in [-0.3, -0.25) is 4.98 Å². The second-order valence-corrected chi connectivity index (χ2v) is 4.70. The third kappa shape index (κ3) is 2.76. The maximum atomic E-state index is 5.97.